The number of aryl methyl sites for hydroxylation is 1. The molecule has 8 heteroatoms. The summed E-state index contributed by atoms with van der Waals surface area (Å²) >= 11 is 5.37. The van der Waals surface area contributed by atoms with Crippen LogP contribution in [0.2, 0.25) is 0 Å². The summed E-state index contributed by atoms with van der Waals surface area (Å²) in [5.41, 5.74) is 2.13. The molecule has 3 rings (SSSR count). The van der Waals surface area contributed by atoms with E-state index in [0.717, 1.165) is 29.9 Å². The summed E-state index contributed by atoms with van der Waals surface area (Å²) in [6.45, 7) is 6.50. The number of carbonyl (C=O) groups excluding carboxylic acids is 1. The number of carbonyl (C=O) groups is 1. The van der Waals surface area contributed by atoms with Crippen LogP contribution in [0.1, 0.15) is 39.2 Å². The van der Waals surface area contributed by atoms with Gasteiger partial charge in [0.05, 0.1) is 13.2 Å². The lowest BCUT2D eigenvalue weighted by Gasteiger charge is -2.15. The third kappa shape index (κ3) is 7.18. The summed E-state index contributed by atoms with van der Waals surface area (Å²) in [5, 5.41) is 10.2. The van der Waals surface area contributed by atoms with Crippen LogP contribution in [-0.2, 0) is 17.8 Å². The summed E-state index contributed by atoms with van der Waals surface area (Å²) in [6, 6.07) is 15.8. The molecule has 7 nitrogen and oxygen atoms in total. The van der Waals surface area contributed by atoms with Gasteiger partial charge in [0.1, 0.15) is 11.5 Å². The summed E-state index contributed by atoms with van der Waals surface area (Å²) in [5.74, 6) is 2.34. The van der Waals surface area contributed by atoms with E-state index in [1.165, 1.54) is 5.56 Å². The first-order chi connectivity index (χ1) is 15.9. The number of hydrogen-bond acceptors (Lipinski definition) is 5. The number of rotatable bonds is 11. The number of hydrogen-bond donors (Lipinski definition) is 2. The summed E-state index contributed by atoms with van der Waals surface area (Å²) in [4.78, 5) is 12.5. The fraction of sp³-hybridized carbons (Fsp3) is 0.400. The van der Waals surface area contributed by atoms with Gasteiger partial charge in [-0.05, 0) is 87.8 Å². The Kier molecular flexibility index (Phi) is 8.65. The average Bonchev–Trinajstić information content (AvgIpc) is 3.17. The Balaban J connectivity index is 1.49. The van der Waals surface area contributed by atoms with E-state index in [9.17, 15) is 4.79 Å². The molecule has 0 saturated carbocycles. The third-order valence-electron chi connectivity index (χ3n) is 5.24. The fourth-order valence-corrected chi connectivity index (χ4v) is 3.73. The predicted octanol–water partition coefficient (Wildman–Crippen LogP) is 4.93. The second kappa shape index (κ2) is 11.7. The van der Waals surface area contributed by atoms with Crippen molar-refractivity contribution in [3.8, 4) is 22.9 Å². The molecule has 3 aromatic rings. The van der Waals surface area contributed by atoms with Crippen LogP contribution in [-0.4, -0.2) is 39.9 Å². The molecule has 0 aliphatic rings. The van der Waals surface area contributed by atoms with Gasteiger partial charge in [0.2, 0.25) is 5.91 Å². The maximum Gasteiger partial charge on any atom is 0.222 e. The smallest absolute Gasteiger partial charge is 0.222 e. The number of nitrogens with zero attached hydrogens (tertiary/aromatic N) is 2. The highest BCUT2D eigenvalue weighted by Gasteiger charge is 2.13. The van der Waals surface area contributed by atoms with Gasteiger partial charge in [-0.1, -0.05) is 12.1 Å². The van der Waals surface area contributed by atoms with E-state index < -0.39 is 0 Å². The molecule has 2 aromatic carbocycles. The number of H-pyrrole nitrogens is 1. The zero-order valence-corrected chi connectivity index (χ0v) is 20.4. The van der Waals surface area contributed by atoms with Crippen molar-refractivity contribution in [2.75, 3.05) is 7.11 Å². The van der Waals surface area contributed by atoms with Crippen molar-refractivity contribution >= 4 is 18.1 Å². The number of aromatic amines is 1. The first-order valence-corrected chi connectivity index (χ1v) is 11.6. The Morgan fingerprint density at radius 3 is 2.39 bits per heavy atom. The molecule has 0 radical (unpaired) electrons. The Hall–Kier alpha value is -3.13. The lowest BCUT2D eigenvalue weighted by molar-refractivity contribution is -0.121. The second-order valence-electron chi connectivity index (χ2n) is 8.30. The second-order valence-corrected chi connectivity index (χ2v) is 8.69. The van der Waals surface area contributed by atoms with E-state index >= 15 is 0 Å². The van der Waals surface area contributed by atoms with Crippen LogP contribution in [0.3, 0.4) is 0 Å². The average molecular weight is 469 g/mol. The molecule has 1 heterocycles. The van der Waals surface area contributed by atoms with Gasteiger partial charge < -0.3 is 14.8 Å². The van der Waals surface area contributed by atoms with Crippen LogP contribution < -0.4 is 14.8 Å². The highest BCUT2D eigenvalue weighted by Crippen LogP contribution is 2.21. The van der Waals surface area contributed by atoms with Gasteiger partial charge in [0, 0.05) is 24.6 Å². The highest BCUT2D eigenvalue weighted by molar-refractivity contribution is 7.71. The van der Waals surface area contributed by atoms with E-state index in [1.54, 1.807) is 7.11 Å². The minimum Gasteiger partial charge on any atom is -0.497 e. The molecular weight excluding hydrogens is 436 g/mol. The van der Waals surface area contributed by atoms with Crippen LogP contribution in [0.15, 0.2) is 48.5 Å². The van der Waals surface area contributed by atoms with Crippen molar-refractivity contribution < 1.29 is 14.3 Å². The molecule has 0 spiro atoms. The minimum absolute atomic E-state index is 0.00744. The van der Waals surface area contributed by atoms with Gasteiger partial charge in [-0.15, -0.1) is 0 Å². The first kappa shape index (κ1) is 24.5. The van der Waals surface area contributed by atoms with Crippen molar-refractivity contribution in [1.82, 2.24) is 20.1 Å². The van der Waals surface area contributed by atoms with Crippen molar-refractivity contribution in [3.05, 3.63) is 58.9 Å². The van der Waals surface area contributed by atoms with Crippen molar-refractivity contribution in [2.45, 2.75) is 58.7 Å². The molecule has 1 atom stereocenters. The van der Waals surface area contributed by atoms with E-state index in [0.29, 0.717) is 23.6 Å². The third-order valence-corrected chi connectivity index (χ3v) is 5.55. The molecule has 1 amide bonds. The molecule has 1 aromatic heterocycles. The topological polar surface area (TPSA) is 81.2 Å². The minimum atomic E-state index is -0.00744. The fourth-order valence-electron chi connectivity index (χ4n) is 3.51. The zero-order valence-electron chi connectivity index (χ0n) is 19.6. The number of amides is 1. The molecule has 0 aliphatic heterocycles. The monoisotopic (exact) mass is 468 g/mol. The van der Waals surface area contributed by atoms with E-state index in [1.807, 2.05) is 61.7 Å². The number of benzene rings is 2. The SMILES string of the molecule is COc1ccc(-c2n[nH]c(=S)n2CCC(=O)NC(C)CCc2ccc(OC(C)C)cc2)cc1. The zero-order chi connectivity index (χ0) is 23.8. The molecule has 1 unspecified atom stereocenters. The summed E-state index contributed by atoms with van der Waals surface area (Å²) in [6.07, 6.45) is 2.23. The number of aromatic nitrogens is 3. The van der Waals surface area contributed by atoms with Gasteiger partial charge in [-0.2, -0.15) is 5.10 Å². The molecule has 176 valence electrons. The maximum atomic E-state index is 12.5. The van der Waals surface area contributed by atoms with Gasteiger partial charge in [0.25, 0.3) is 0 Å². The van der Waals surface area contributed by atoms with E-state index in [4.69, 9.17) is 21.7 Å². The van der Waals surface area contributed by atoms with Gasteiger partial charge in [-0.3, -0.25) is 14.5 Å². The summed E-state index contributed by atoms with van der Waals surface area (Å²) in [7, 11) is 1.63. The van der Waals surface area contributed by atoms with Crippen LogP contribution in [0, 0.1) is 4.77 Å². The number of methoxy groups -OCH3 is 1. The molecule has 2 N–H and O–H groups in total. The number of nitrogens with one attached hydrogen (secondary N) is 2. The van der Waals surface area contributed by atoms with Gasteiger partial charge >= 0.3 is 0 Å². The Bertz CT molecular complexity index is 1090. The quantitative estimate of drug-likeness (QED) is 0.390. The van der Waals surface area contributed by atoms with E-state index in [2.05, 4.69) is 27.6 Å². The van der Waals surface area contributed by atoms with Gasteiger partial charge in [-0.25, -0.2) is 0 Å². The first-order valence-electron chi connectivity index (χ1n) is 11.2. The Morgan fingerprint density at radius 2 is 1.76 bits per heavy atom. The largest absolute Gasteiger partial charge is 0.497 e. The molecule has 0 fully saturated rings. The lowest BCUT2D eigenvalue weighted by Crippen LogP contribution is -2.33. The van der Waals surface area contributed by atoms with Crippen molar-refractivity contribution in [1.29, 1.82) is 0 Å². The highest BCUT2D eigenvalue weighted by atomic mass is 32.1. The normalized spacial score (nSPS) is 11.9. The van der Waals surface area contributed by atoms with E-state index in [-0.39, 0.29) is 18.1 Å². The number of ether oxygens (including phenoxy) is 2. The van der Waals surface area contributed by atoms with Gasteiger partial charge in [0.15, 0.2) is 10.6 Å². The van der Waals surface area contributed by atoms with Crippen LogP contribution in [0.4, 0.5) is 0 Å². The predicted molar refractivity (Wildman–Crippen MR) is 132 cm³/mol. The van der Waals surface area contributed by atoms with Crippen LogP contribution in [0.5, 0.6) is 11.5 Å². The van der Waals surface area contributed by atoms with Crippen molar-refractivity contribution in [3.63, 3.8) is 0 Å². The molecule has 33 heavy (non-hydrogen) atoms. The molecular formula is C25H32N4O3S. The van der Waals surface area contributed by atoms with Crippen LogP contribution >= 0.6 is 12.2 Å². The molecule has 0 aliphatic carbocycles. The maximum absolute atomic E-state index is 12.5. The van der Waals surface area contributed by atoms with Crippen molar-refractivity contribution in [2.24, 2.45) is 0 Å². The Morgan fingerprint density at radius 1 is 1.09 bits per heavy atom. The molecule has 0 saturated heterocycles. The molecule has 0 bridgehead atoms. The van der Waals surface area contributed by atoms with Crippen LogP contribution in [0.25, 0.3) is 11.4 Å². The Labute approximate surface area is 200 Å². The standard InChI is InChI=1S/C25H32N4O3S/c1-17(2)32-22-11-7-19(8-12-22)6-5-18(3)26-23(30)15-16-29-24(27-28-25(29)33)20-9-13-21(31-4)14-10-20/h7-14,17-18H,5-6,15-16H2,1-4H3,(H,26,30)(H,28,33). The summed E-state index contributed by atoms with van der Waals surface area (Å²) < 4.78 is 13.2. The lowest BCUT2D eigenvalue weighted by atomic mass is 10.1.